The minimum Gasteiger partial charge on any atom is -0.448 e. The van der Waals surface area contributed by atoms with Crippen LogP contribution in [0.2, 0.25) is 0 Å². The van der Waals surface area contributed by atoms with Crippen molar-refractivity contribution in [2.75, 3.05) is 44.4 Å². The van der Waals surface area contributed by atoms with Gasteiger partial charge in [-0.15, -0.1) is 0 Å². The molecule has 160 valence electrons. The Kier molecular flexibility index (Phi) is 7.76. The van der Waals surface area contributed by atoms with Crippen molar-refractivity contribution in [3.63, 3.8) is 0 Å². The predicted octanol–water partition coefficient (Wildman–Crippen LogP) is 3.21. The second-order valence-electron chi connectivity index (χ2n) is 7.50. The van der Waals surface area contributed by atoms with Crippen molar-refractivity contribution >= 4 is 29.3 Å². The lowest BCUT2D eigenvalue weighted by Crippen LogP contribution is -2.47. The first kappa shape index (κ1) is 22.2. The molecule has 0 atom stereocenters. The molecule has 2 aromatic rings. The number of nitrogens with zero attached hydrogens (tertiary/aromatic N) is 2. The molecule has 0 bridgehead atoms. The molecular formula is C23H29N3O3S. The Balaban J connectivity index is 1.56. The van der Waals surface area contributed by atoms with E-state index in [0.29, 0.717) is 0 Å². The Bertz CT molecular complexity index is 895. The number of hydrogen-bond acceptors (Lipinski definition) is 6. The number of esters is 1. The maximum atomic E-state index is 11.7. The van der Waals surface area contributed by atoms with Crippen molar-refractivity contribution in [2.24, 2.45) is 0 Å². The molecule has 0 spiro atoms. The molecular weight excluding hydrogens is 398 g/mol. The summed E-state index contributed by atoms with van der Waals surface area (Å²) in [5, 5.41) is 2.45. The molecule has 2 aromatic carbocycles. The topological polar surface area (TPSA) is 61.9 Å². The number of benzene rings is 2. The highest BCUT2D eigenvalue weighted by atomic mass is 32.2. The number of nitrogens with one attached hydrogen (secondary N) is 1. The second kappa shape index (κ2) is 10.5. The molecule has 1 N–H and O–H groups in total. The Hall–Kier alpha value is -2.51. The number of rotatable bonds is 7. The summed E-state index contributed by atoms with van der Waals surface area (Å²) in [6, 6.07) is 15.1. The van der Waals surface area contributed by atoms with Crippen molar-refractivity contribution in [1.29, 1.82) is 0 Å². The molecule has 0 radical (unpaired) electrons. The third-order valence-electron chi connectivity index (χ3n) is 5.02. The number of ether oxygens (including phenoxy) is 1. The second-order valence-corrected chi connectivity index (χ2v) is 8.58. The van der Waals surface area contributed by atoms with Crippen LogP contribution < -0.4 is 10.2 Å². The first-order valence-corrected chi connectivity index (χ1v) is 11.0. The smallest absolute Gasteiger partial charge is 0.326 e. The molecule has 0 aliphatic carbocycles. The molecule has 3 rings (SSSR count). The van der Waals surface area contributed by atoms with Gasteiger partial charge in [0.2, 0.25) is 5.91 Å². The van der Waals surface area contributed by atoms with Crippen LogP contribution in [0.25, 0.3) is 0 Å². The summed E-state index contributed by atoms with van der Waals surface area (Å²) < 4.78 is 5.25. The molecule has 1 fully saturated rings. The molecule has 1 aliphatic rings. The SMILES string of the molecule is CC(=O)NCC(=O)OCN1CCN(c2ccccc2Sc2ccc(C)cc2C)CC1. The van der Waals surface area contributed by atoms with E-state index in [0.717, 1.165) is 26.2 Å². The summed E-state index contributed by atoms with van der Waals surface area (Å²) in [5.41, 5.74) is 3.81. The van der Waals surface area contributed by atoms with Crippen LogP contribution in [0.1, 0.15) is 18.1 Å². The maximum Gasteiger partial charge on any atom is 0.326 e. The van der Waals surface area contributed by atoms with E-state index in [-0.39, 0.29) is 19.2 Å². The van der Waals surface area contributed by atoms with E-state index >= 15 is 0 Å². The first-order valence-electron chi connectivity index (χ1n) is 10.1. The van der Waals surface area contributed by atoms with E-state index in [2.05, 4.69) is 71.4 Å². The van der Waals surface area contributed by atoms with Gasteiger partial charge in [-0.2, -0.15) is 0 Å². The van der Waals surface area contributed by atoms with E-state index in [1.54, 1.807) is 11.8 Å². The van der Waals surface area contributed by atoms with Crippen LogP contribution >= 0.6 is 11.8 Å². The Morgan fingerprint density at radius 1 is 1.03 bits per heavy atom. The fraction of sp³-hybridized carbons (Fsp3) is 0.391. The van der Waals surface area contributed by atoms with Gasteiger partial charge in [0.05, 0.1) is 5.69 Å². The maximum absolute atomic E-state index is 11.7. The summed E-state index contributed by atoms with van der Waals surface area (Å²) in [6.45, 7) is 9.19. The zero-order valence-corrected chi connectivity index (χ0v) is 18.6. The minimum absolute atomic E-state index is 0.0850. The standard InChI is InChI=1S/C23H29N3O3S/c1-17-8-9-21(18(2)14-17)30-22-7-5-4-6-20(22)26-12-10-25(11-13-26)16-29-23(28)15-24-19(3)27/h4-9,14H,10-13,15-16H2,1-3H3,(H,24,27). The quantitative estimate of drug-likeness (QED) is 0.685. The van der Waals surface area contributed by atoms with Crippen molar-refractivity contribution in [2.45, 2.75) is 30.6 Å². The van der Waals surface area contributed by atoms with Crippen molar-refractivity contribution in [1.82, 2.24) is 10.2 Å². The highest BCUT2D eigenvalue weighted by Gasteiger charge is 2.20. The number of hydrogen-bond donors (Lipinski definition) is 1. The Morgan fingerprint density at radius 3 is 2.47 bits per heavy atom. The molecule has 6 nitrogen and oxygen atoms in total. The molecule has 7 heteroatoms. The predicted molar refractivity (Wildman–Crippen MR) is 120 cm³/mol. The molecule has 1 saturated heterocycles. The summed E-state index contributed by atoms with van der Waals surface area (Å²) in [6.07, 6.45) is 0. The highest BCUT2D eigenvalue weighted by molar-refractivity contribution is 7.99. The first-order chi connectivity index (χ1) is 14.4. The lowest BCUT2D eigenvalue weighted by atomic mass is 10.2. The van der Waals surface area contributed by atoms with E-state index in [1.807, 2.05) is 0 Å². The number of carbonyl (C=O) groups is 2. The van der Waals surface area contributed by atoms with Crippen LogP contribution in [0.4, 0.5) is 5.69 Å². The van der Waals surface area contributed by atoms with Crippen molar-refractivity contribution < 1.29 is 14.3 Å². The fourth-order valence-electron chi connectivity index (χ4n) is 3.37. The van der Waals surface area contributed by atoms with Gasteiger partial charge in [0, 0.05) is 42.9 Å². The monoisotopic (exact) mass is 427 g/mol. The van der Waals surface area contributed by atoms with Gasteiger partial charge in [0.1, 0.15) is 13.3 Å². The fourth-order valence-corrected chi connectivity index (χ4v) is 4.41. The number of piperazine rings is 1. The Morgan fingerprint density at radius 2 is 1.77 bits per heavy atom. The number of amides is 1. The van der Waals surface area contributed by atoms with Gasteiger partial charge in [0.15, 0.2) is 0 Å². The van der Waals surface area contributed by atoms with Gasteiger partial charge in [-0.3, -0.25) is 14.5 Å². The van der Waals surface area contributed by atoms with E-state index in [1.165, 1.54) is 33.5 Å². The average Bonchev–Trinajstić information content (AvgIpc) is 2.73. The lowest BCUT2D eigenvalue weighted by molar-refractivity contribution is -0.148. The molecule has 1 amide bonds. The van der Waals surface area contributed by atoms with E-state index in [9.17, 15) is 9.59 Å². The summed E-state index contributed by atoms with van der Waals surface area (Å²) in [5.74, 6) is -0.652. The van der Waals surface area contributed by atoms with Crippen LogP contribution in [0.3, 0.4) is 0 Å². The van der Waals surface area contributed by atoms with Crippen LogP contribution in [-0.2, 0) is 14.3 Å². The van der Waals surface area contributed by atoms with Gasteiger partial charge in [-0.1, -0.05) is 41.6 Å². The van der Waals surface area contributed by atoms with Crippen LogP contribution in [0.5, 0.6) is 0 Å². The normalized spacial score (nSPS) is 14.4. The van der Waals surface area contributed by atoms with E-state index in [4.69, 9.17) is 4.74 Å². The van der Waals surface area contributed by atoms with Crippen molar-refractivity contribution in [3.05, 3.63) is 53.6 Å². The summed E-state index contributed by atoms with van der Waals surface area (Å²) in [4.78, 5) is 29.6. The number of aryl methyl sites for hydroxylation is 2. The third-order valence-corrected chi connectivity index (χ3v) is 6.26. The lowest BCUT2D eigenvalue weighted by Gasteiger charge is -2.36. The van der Waals surface area contributed by atoms with Crippen LogP contribution in [0, 0.1) is 13.8 Å². The Labute approximate surface area is 182 Å². The van der Waals surface area contributed by atoms with Crippen molar-refractivity contribution in [3.8, 4) is 0 Å². The molecule has 0 unspecified atom stereocenters. The van der Waals surface area contributed by atoms with Gasteiger partial charge in [-0.25, -0.2) is 0 Å². The highest BCUT2D eigenvalue weighted by Crippen LogP contribution is 2.37. The zero-order valence-electron chi connectivity index (χ0n) is 17.8. The zero-order chi connectivity index (χ0) is 21.5. The molecule has 0 saturated carbocycles. The van der Waals surface area contributed by atoms with E-state index < -0.39 is 5.97 Å². The van der Waals surface area contributed by atoms with Gasteiger partial charge in [-0.05, 0) is 37.6 Å². The largest absolute Gasteiger partial charge is 0.448 e. The number of carbonyl (C=O) groups excluding carboxylic acids is 2. The molecule has 1 aliphatic heterocycles. The third kappa shape index (κ3) is 6.24. The van der Waals surface area contributed by atoms with Crippen LogP contribution in [0.15, 0.2) is 52.3 Å². The summed E-state index contributed by atoms with van der Waals surface area (Å²) in [7, 11) is 0. The van der Waals surface area contributed by atoms with Gasteiger partial charge >= 0.3 is 5.97 Å². The minimum atomic E-state index is -0.414. The molecule has 0 aromatic heterocycles. The van der Waals surface area contributed by atoms with Gasteiger partial charge < -0.3 is 15.0 Å². The number of anilines is 1. The number of para-hydroxylation sites is 1. The van der Waals surface area contributed by atoms with Crippen LogP contribution in [-0.4, -0.2) is 56.2 Å². The molecule has 30 heavy (non-hydrogen) atoms. The molecule has 1 heterocycles. The average molecular weight is 428 g/mol. The van der Waals surface area contributed by atoms with Gasteiger partial charge in [0.25, 0.3) is 0 Å². The summed E-state index contributed by atoms with van der Waals surface area (Å²) >= 11 is 1.81.